The molecule has 0 bridgehead atoms. The van der Waals surface area contributed by atoms with Crippen LogP contribution in [0.2, 0.25) is 0 Å². The van der Waals surface area contributed by atoms with Gasteiger partial charge in [-0.2, -0.15) is 11.8 Å². The van der Waals surface area contributed by atoms with E-state index in [0.717, 1.165) is 6.54 Å². The molecule has 0 aromatic carbocycles. The molecule has 3 heteroatoms. The monoisotopic (exact) mass is 257 g/mol. The molecular formula is C14H27NOS. The van der Waals surface area contributed by atoms with E-state index in [0.29, 0.717) is 6.61 Å². The molecule has 2 rings (SSSR count). The van der Waals surface area contributed by atoms with Crippen molar-refractivity contribution in [2.75, 3.05) is 37.7 Å². The first-order valence-corrected chi connectivity index (χ1v) is 8.41. The third kappa shape index (κ3) is 4.15. The average Bonchev–Trinajstić information content (AvgIpc) is 2.73. The summed E-state index contributed by atoms with van der Waals surface area (Å²) in [6.45, 7) is 4.02. The van der Waals surface area contributed by atoms with Crippen molar-refractivity contribution in [3.63, 3.8) is 0 Å². The second-order valence-electron chi connectivity index (χ2n) is 5.81. The van der Waals surface area contributed by atoms with E-state index in [-0.39, 0.29) is 5.41 Å². The Balaban J connectivity index is 1.91. The van der Waals surface area contributed by atoms with Gasteiger partial charge in [0, 0.05) is 30.9 Å². The molecule has 0 spiro atoms. The third-order valence-corrected chi connectivity index (χ3v) is 5.42. The van der Waals surface area contributed by atoms with Crippen LogP contribution in [0.25, 0.3) is 0 Å². The van der Waals surface area contributed by atoms with Crippen molar-refractivity contribution >= 4 is 11.8 Å². The zero-order valence-corrected chi connectivity index (χ0v) is 11.8. The Bertz CT molecular complexity index is 206. The van der Waals surface area contributed by atoms with E-state index in [1.807, 2.05) is 0 Å². The number of nitrogens with zero attached hydrogens (tertiary/aromatic N) is 1. The van der Waals surface area contributed by atoms with Crippen LogP contribution in [0.4, 0.5) is 0 Å². The average molecular weight is 257 g/mol. The summed E-state index contributed by atoms with van der Waals surface area (Å²) in [7, 11) is 0. The standard InChI is InChI=1S/C14H27NOS/c16-13-14(6-3-1-2-4-7-14)12-15-8-5-10-17-11-9-15/h16H,1-13H2. The van der Waals surface area contributed by atoms with Crippen LogP contribution < -0.4 is 0 Å². The third-order valence-electron chi connectivity index (χ3n) is 4.37. The lowest BCUT2D eigenvalue weighted by atomic mass is 9.80. The molecule has 17 heavy (non-hydrogen) atoms. The molecule has 1 heterocycles. The van der Waals surface area contributed by atoms with Gasteiger partial charge in [0.1, 0.15) is 0 Å². The van der Waals surface area contributed by atoms with Gasteiger partial charge in [-0.3, -0.25) is 0 Å². The van der Waals surface area contributed by atoms with E-state index in [1.54, 1.807) is 0 Å². The van der Waals surface area contributed by atoms with Gasteiger partial charge in [-0.05, 0) is 31.6 Å². The Labute approximate surface area is 110 Å². The molecule has 0 radical (unpaired) electrons. The summed E-state index contributed by atoms with van der Waals surface area (Å²) in [5.74, 6) is 2.60. The fraction of sp³-hybridized carbons (Fsp3) is 1.00. The van der Waals surface area contributed by atoms with Crippen LogP contribution in [0, 0.1) is 5.41 Å². The first kappa shape index (κ1) is 13.7. The summed E-state index contributed by atoms with van der Waals surface area (Å²) in [6.07, 6.45) is 9.20. The highest BCUT2D eigenvalue weighted by Crippen LogP contribution is 2.35. The predicted molar refractivity (Wildman–Crippen MR) is 75.6 cm³/mol. The predicted octanol–water partition coefficient (Wildman–Crippen LogP) is 2.76. The van der Waals surface area contributed by atoms with Crippen molar-refractivity contribution in [2.24, 2.45) is 5.41 Å². The van der Waals surface area contributed by atoms with Crippen molar-refractivity contribution in [3.8, 4) is 0 Å². The summed E-state index contributed by atoms with van der Waals surface area (Å²) in [6, 6.07) is 0. The van der Waals surface area contributed by atoms with Gasteiger partial charge < -0.3 is 10.0 Å². The number of rotatable bonds is 3. The molecule has 0 aromatic rings. The maximum absolute atomic E-state index is 9.84. The Morgan fingerprint density at radius 2 is 1.71 bits per heavy atom. The van der Waals surface area contributed by atoms with Crippen LogP contribution in [0.15, 0.2) is 0 Å². The van der Waals surface area contributed by atoms with Gasteiger partial charge in [0.2, 0.25) is 0 Å². The lowest BCUT2D eigenvalue weighted by Gasteiger charge is -2.36. The maximum atomic E-state index is 9.84. The van der Waals surface area contributed by atoms with Crippen LogP contribution in [0.3, 0.4) is 0 Å². The van der Waals surface area contributed by atoms with Crippen molar-refractivity contribution in [1.29, 1.82) is 0 Å². The summed E-state index contributed by atoms with van der Waals surface area (Å²) < 4.78 is 0. The number of aliphatic hydroxyl groups is 1. The highest BCUT2D eigenvalue weighted by Gasteiger charge is 2.32. The van der Waals surface area contributed by atoms with Gasteiger partial charge in [0.15, 0.2) is 0 Å². The minimum Gasteiger partial charge on any atom is -0.396 e. The Hall–Kier alpha value is 0.270. The quantitative estimate of drug-likeness (QED) is 0.787. The van der Waals surface area contributed by atoms with Gasteiger partial charge >= 0.3 is 0 Å². The highest BCUT2D eigenvalue weighted by atomic mass is 32.2. The van der Waals surface area contributed by atoms with Gasteiger partial charge in [-0.1, -0.05) is 25.7 Å². The number of hydrogen-bond donors (Lipinski definition) is 1. The van der Waals surface area contributed by atoms with Crippen LogP contribution in [-0.2, 0) is 0 Å². The number of aliphatic hydroxyl groups excluding tert-OH is 1. The smallest absolute Gasteiger partial charge is 0.0499 e. The molecule has 1 aliphatic carbocycles. The molecule has 1 saturated heterocycles. The lowest BCUT2D eigenvalue weighted by molar-refractivity contribution is 0.0622. The molecule has 1 saturated carbocycles. The van der Waals surface area contributed by atoms with E-state index < -0.39 is 0 Å². The minimum atomic E-state index is 0.228. The fourth-order valence-corrected chi connectivity index (χ4v) is 4.20. The van der Waals surface area contributed by atoms with E-state index in [1.165, 1.54) is 69.5 Å². The summed E-state index contributed by atoms with van der Waals surface area (Å²) in [4.78, 5) is 2.61. The second-order valence-corrected chi connectivity index (χ2v) is 7.04. The normalized spacial score (nSPS) is 27.4. The van der Waals surface area contributed by atoms with Crippen LogP contribution >= 0.6 is 11.8 Å². The first-order chi connectivity index (χ1) is 8.35. The summed E-state index contributed by atoms with van der Waals surface area (Å²) >= 11 is 2.09. The topological polar surface area (TPSA) is 23.5 Å². The maximum Gasteiger partial charge on any atom is 0.0499 e. The SMILES string of the molecule is OCC1(CN2CCCSCC2)CCCCCC1. The number of thioether (sulfide) groups is 1. The van der Waals surface area contributed by atoms with Crippen LogP contribution in [-0.4, -0.2) is 47.8 Å². The van der Waals surface area contributed by atoms with Gasteiger partial charge in [0.25, 0.3) is 0 Å². The molecule has 2 nitrogen and oxygen atoms in total. The van der Waals surface area contributed by atoms with Gasteiger partial charge in [0.05, 0.1) is 0 Å². The summed E-state index contributed by atoms with van der Waals surface area (Å²) in [5.41, 5.74) is 0.228. The Morgan fingerprint density at radius 3 is 2.41 bits per heavy atom. The molecule has 2 aliphatic rings. The van der Waals surface area contributed by atoms with E-state index in [4.69, 9.17) is 0 Å². The van der Waals surface area contributed by atoms with Crippen molar-refractivity contribution in [1.82, 2.24) is 4.90 Å². The molecule has 0 atom stereocenters. The van der Waals surface area contributed by atoms with E-state index in [2.05, 4.69) is 16.7 Å². The molecular weight excluding hydrogens is 230 g/mol. The minimum absolute atomic E-state index is 0.228. The van der Waals surface area contributed by atoms with Crippen LogP contribution in [0.5, 0.6) is 0 Å². The lowest BCUT2D eigenvalue weighted by Crippen LogP contribution is -2.41. The molecule has 0 unspecified atom stereocenters. The summed E-state index contributed by atoms with van der Waals surface area (Å²) in [5, 5.41) is 9.84. The molecule has 1 aliphatic heterocycles. The Morgan fingerprint density at radius 1 is 0.941 bits per heavy atom. The molecule has 1 N–H and O–H groups in total. The van der Waals surface area contributed by atoms with Crippen molar-refractivity contribution in [2.45, 2.75) is 44.9 Å². The first-order valence-electron chi connectivity index (χ1n) is 7.26. The number of hydrogen-bond acceptors (Lipinski definition) is 3. The molecule has 100 valence electrons. The van der Waals surface area contributed by atoms with Crippen LogP contribution in [0.1, 0.15) is 44.9 Å². The fourth-order valence-electron chi connectivity index (χ4n) is 3.27. The van der Waals surface area contributed by atoms with E-state index >= 15 is 0 Å². The van der Waals surface area contributed by atoms with Crippen molar-refractivity contribution in [3.05, 3.63) is 0 Å². The van der Waals surface area contributed by atoms with Crippen molar-refractivity contribution < 1.29 is 5.11 Å². The molecule has 2 fully saturated rings. The van der Waals surface area contributed by atoms with Gasteiger partial charge in [-0.15, -0.1) is 0 Å². The Kier molecular flexibility index (Phi) is 5.64. The highest BCUT2D eigenvalue weighted by molar-refractivity contribution is 7.99. The molecule has 0 amide bonds. The zero-order valence-electron chi connectivity index (χ0n) is 11.0. The second kappa shape index (κ2) is 7.01. The molecule has 0 aromatic heterocycles. The largest absolute Gasteiger partial charge is 0.396 e. The zero-order chi connectivity index (χ0) is 12.0. The van der Waals surface area contributed by atoms with Gasteiger partial charge in [-0.25, -0.2) is 0 Å². The van der Waals surface area contributed by atoms with E-state index in [9.17, 15) is 5.11 Å².